The molecule has 2 aromatic rings. The molecule has 1 saturated heterocycles. The van der Waals surface area contributed by atoms with Crippen LogP contribution in [0, 0.1) is 5.92 Å². The quantitative estimate of drug-likeness (QED) is 0.633. The van der Waals surface area contributed by atoms with E-state index in [0.29, 0.717) is 25.7 Å². The molecule has 34 heavy (non-hydrogen) atoms. The van der Waals surface area contributed by atoms with Crippen LogP contribution >= 0.6 is 0 Å². The molecule has 1 heterocycles. The van der Waals surface area contributed by atoms with Gasteiger partial charge in [-0.1, -0.05) is 61.9 Å². The molecule has 0 spiro atoms. The molecule has 2 N–H and O–H groups in total. The van der Waals surface area contributed by atoms with Gasteiger partial charge in [-0.25, -0.2) is 4.79 Å². The van der Waals surface area contributed by atoms with E-state index in [1.165, 1.54) is 0 Å². The van der Waals surface area contributed by atoms with Crippen molar-refractivity contribution in [3.05, 3.63) is 59.7 Å². The fourth-order valence-electron chi connectivity index (χ4n) is 5.14. The van der Waals surface area contributed by atoms with E-state index in [1.807, 2.05) is 38.1 Å². The molecule has 1 aliphatic heterocycles. The molecule has 180 valence electrons. The second kappa shape index (κ2) is 10.3. The van der Waals surface area contributed by atoms with Gasteiger partial charge in [0, 0.05) is 18.5 Å². The number of piperidine rings is 1. The monoisotopic (exact) mass is 464 g/mol. The molecule has 7 heteroatoms. The Hall–Kier alpha value is -3.35. The third-order valence-corrected chi connectivity index (χ3v) is 7.03. The number of aliphatic carboxylic acids is 1. The Morgan fingerprint density at radius 1 is 1.06 bits per heavy atom. The van der Waals surface area contributed by atoms with E-state index in [2.05, 4.69) is 29.6 Å². The minimum Gasteiger partial charge on any atom is -0.481 e. The average Bonchev–Trinajstić information content (AvgIpc) is 3.16. The van der Waals surface area contributed by atoms with Crippen molar-refractivity contribution in [3.63, 3.8) is 0 Å². The molecule has 2 unspecified atom stereocenters. The van der Waals surface area contributed by atoms with Crippen molar-refractivity contribution in [2.45, 2.75) is 57.5 Å². The van der Waals surface area contributed by atoms with Crippen molar-refractivity contribution in [2.75, 3.05) is 13.2 Å². The van der Waals surface area contributed by atoms with E-state index in [9.17, 15) is 19.5 Å². The summed E-state index contributed by atoms with van der Waals surface area (Å²) in [5.74, 6) is -1.76. The van der Waals surface area contributed by atoms with Gasteiger partial charge in [-0.2, -0.15) is 0 Å². The summed E-state index contributed by atoms with van der Waals surface area (Å²) >= 11 is 0. The first-order chi connectivity index (χ1) is 16.4. The first-order valence-corrected chi connectivity index (χ1v) is 12.1. The third kappa shape index (κ3) is 4.79. The van der Waals surface area contributed by atoms with E-state index in [0.717, 1.165) is 22.3 Å². The highest BCUT2D eigenvalue weighted by Crippen LogP contribution is 2.44. The topological polar surface area (TPSA) is 95.9 Å². The molecule has 0 radical (unpaired) electrons. The van der Waals surface area contributed by atoms with Crippen LogP contribution in [0.1, 0.15) is 56.6 Å². The number of carboxylic acids is 1. The zero-order valence-electron chi connectivity index (χ0n) is 19.7. The Morgan fingerprint density at radius 3 is 2.26 bits per heavy atom. The Labute approximate surface area is 200 Å². The van der Waals surface area contributed by atoms with Crippen LogP contribution < -0.4 is 5.32 Å². The number of benzene rings is 2. The Morgan fingerprint density at radius 2 is 1.68 bits per heavy atom. The number of nitrogens with one attached hydrogen (secondary N) is 1. The van der Waals surface area contributed by atoms with Crippen LogP contribution in [0.3, 0.4) is 0 Å². The van der Waals surface area contributed by atoms with Crippen molar-refractivity contribution in [1.82, 2.24) is 10.2 Å². The number of carboxylic acid groups (broad SMARTS) is 1. The standard InChI is InChI=1S/C27H32N2O5/c1-3-8-24(25(30)29-15-18(26(31)32)14-13-17(29)2)28-27(33)34-16-23-21-11-6-4-9-19(21)20-10-5-7-12-22(20)23/h4-7,9-12,17-18,23-24H,3,8,13-16H2,1-2H3,(H,28,33)(H,31,32)/t17?,18?,24-/m1/s1. The van der Waals surface area contributed by atoms with E-state index >= 15 is 0 Å². The number of carbonyl (C=O) groups excluding carboxylic acids is 2. The zero-order chi connectivity index (χ0) is 24.2. The van der Waals surface area contributed by atoms with Gasteiger partial charge in [0.25, 0.3) is 0 Å². The van der Waals surface area contributed by atoms with Gasteiger partial charge in [-0.3, -0.25) is 9.59 Å². The normalized spacial score (nSPS) is 20.2. The largest absolute Gasteiger partial charge is 0.481 e. The molecule has 2 aromatic carbocycles. The summed E-state index contributed by atoms with van der Waals surface area (Å²) in [6.45, 7) is 4.21. The van der Waals surface area contributed by atoms with Gasteiger partial charge in [0.15, 0.2) is 0 Å². The highest BCUT2D eigenvalue weighted by molar-refractivity contribution is 5.86. The SMILES string of the molecule is CCC[C@@H](NC(=O)OCC1c2ccccc2-c2ccccc21)C(=O)N1CC(C(=O)O)CCC1C. The van der Waals surface area contributed by atoms with Crippen LogP contribution in [-0.4, -0.2) is 53.2 Å². The van der Waals surface area contributed by atoms with Crippen molar-refractivity contribution < 1.29 is 24.2 Å². The summed E-state index contributed by atoms with van der Waals surface area (Å²) in [6.07, 6.45) is 1.72. The van der Waals surface area contributed by atoms with Crippen LogP contribution in [0.15, 0.2) is 48.5 Å². The third-order valence-electron chi connectivity index (χ3n) is 7.03. The lowest BCUT2D eigenvalue weighted by molar-refractivity contribution is -0.148. The Balaban J connectivity index is 1.42. The lowest BCUT2D eigenvalue weighted by Gasteiger charge is -2.38. The van der Waals surface area contributed by atoms with Crippen molar-refractivity contribution in [1.29, 1.82) is 0 Å². The maximum atomic E-state index is 13.3. The number of hydrogen-bond donors (Lipinski definition) is 2. The molecule has 4 rings (SSSR count). The summed E-state index contributed by atoms with van der Waals surface area (Å²) in [4.78, 5) is 39.1. The second-order valence-corrected chi connectivity index (χ2v) is 9.26. The number of fused-ring (bicyclic) bond motifs is 3. The molecular formula is C27H32N2O5. The smallest absolute Gasteiger partial charge is 0.407 e. The number of likely N-dealkylation sites (tertiary alicyclic amines) is 1. The maximum Gasteiger partial charge on any atom is 0.407 e. The highest BCUT2D eigenvalue weighted by Gasteiger charge is 2.36. The summed E-state index contributed by atoms with van der Waals surface area (Å²) in [5, 5.41) is 12.1. The van der Waals surface area contributed by atoms with Crippen LogP contribution in [-0.2, 0) is 14.3 Å². The van der Waals surface area contributed by atoms with Crippen molar-refractivity contribution >= 4 is 18.0 Å². The van der Waals surface area contributed by atoms with E-state index in [1.54, 1.807) is 4.90 Å². The molecule has 7 nitrogen and oxygen atoms in total. The lowest BCUT2D eigenvalue weighted by atomic mass is 9.92. The summed E-state index contributed by atoms with van der Waals surface area (Å²) < 4.78 is 5.63. The molecule has 2 amide bonds. The number of carbonyl (C=O) groups is 3. The molecule has 3 atom stereocenters. The van der Waals surface area contributed by atoms with Crippen molar-refractivity contribution in [2.24, 2.45) is 5.92 Å². The van der Waals surface area contributed by atoms with Gasteiger partial charge in [-0.05, 0) is 48.4 Å². The zero-order valence-corrected chi connectivity index (χ0v) is 19.7. The molecule has 1 fully saturated rings. The minimum atomic E-state index is -0.888. The van der Waals surface area contributed by atoms with Crippen LogP contribution in [0.4, 0.5) is 4.79 Å². The minimum absolute atomic E-state index is 0.0584. The second-order valence-electron chi connectivity index (χ2n) is 9.26. The summed E-state index contributed by atoms with van der Waals surface area (Å²) in [5.41, 5.74) is 4.55. The number of hydrogen-bond acceptors (Lipinski definition) is 4. The first-order valence-electron chi connectivity index (χ1n) is 12.1. The van der Waals surface area contributed by atoms with E-state index < -0.39 is 24.0 Å². The Kier molecular flexibility index (Phi) is 7.20. The number of rotatable bonds is 7. The van der Waals surface area contributed by atoms with Gasteiger partial charge >= 0.3 is 12.1 Å². The lowest BCUT2D eigenvalue weighted by Crippen LogP contribution is -2.55. The van der Waals surface area contributed by atoms with Crippen LogP contribution in [0.5, 0.6) is 0 Å². The average molecular weight is 465 g/mol. The fraction of sp³-hybridized carbons (Fsp3) is 0.444. The maximum absolute atomic E-state index is 13.3. The van der Waals surface area contributed by atoms with Gasteiger partial charge in [0.1, 0.15) is 12.6 Å². The van der Waals surface area contributed by atoms with Crippen molar-refractivity contribution in [3.8, 4) is 11.1 Å². The molecule has 0 saturated carbocycles. The molecule has 1 aliphatic carbocycles. The summed E-state index contributed by atoms with van der Waals surface area (Å²) in [7, 11) is 0. The molecule has 0 bridgehead atoms. The van der Waals surface area contributed by atoms with Crippen LogP contribution in [0.25, 0.3) is 11.1 Å². The highest BCUT2D eigenvalue weighted by atomic mass is 16.5. The van der Waals surface area contributed by atoms with Gasteiger partial charge in [-0.15, -0.1) is 0 Å². The van der Waals surface area contributed by atoms with Crippen LogP contribution in [0.2, 0.25) is 0 Å². The molecule has 0 aromatic heterocycles. The van der Waals surface area contributed by atoms with E-state index in [-0.39, 0.29) is 31.0 Å². The first kappa shape index (κ1) is 23.8. The van der Waals surface area contributed by atoms with Gasteiger partial charge in [0.2, 0.25) is 5.91 Å². The number of nitrogens with zero attached hydrogens (tertiary/aromatic N) is 1. The fourth-order valence-corrected chi connectivity index (χ4v) is 5.14. The number of ether oxygens (including phenoxy) is 1. The molecular weight excluding hydrogens is 432 g/mol. The van der Waals surface area contributed by atoms with Gasteiger partial charge in [0.05, 0.1) is 5.92 Å². The predicted octanol–water partition coefficient (Wildman–Crippen LogP) is 4.41. The number of alkyl carbamates (subject to hydrolysis) is 1. The summed E-state index contributed by atoms with van der Waals surface area (Å²) in [6, 6.07) is 15.4. The van der Waals surface area contributed by atoms with Gasteiger partial charge < -0.3 is 20.1 Å². The predicted molar refractivity (Wildman–Crippen MR) is 128 cm³/mol. The number of amides is 2. The van der Waals surface area contributed by atoms with E-state index in [4.69, 9.17) is 4.74 Å². The molecule has 2 aliphatic rings. The Bertz CT molecular complexity index is 1020.